The van der Waals surface area contributed by atoms with Gasteiger partial charge < -0.3 is 4.74 Å². The van der Waals surface area contributed by atoms with Crippen molar-refractivity contribution in [3.63, 3.8) is 0 Å². The molecule has 0 aromatic carbocycles. The summed E-state index contributed by atoms with van der Waals surface area (Å²) in [5, 5.41) is 0. The molecule has 12 heavy (non-hydrogen) atoms. The van der Waals surface area contributed by atoms with Gasteiger partial charge in [0.25, 0.3) is 0 Å². The van der Waals surface area contributed by atoms with Crippen molar-refractivity contribution in [2.45, 2.75) is 39.2 Å². The summed E-state index contributed by atoms with van der Waals surface area (Å²) >= 11 is 0. The van der Waals surface area contributed by atoms with E-state index >= 15 is 0 Å². The van der Waals surface area contributed by atoms with Crippen LogP contribution in [0.15, 0.2) is 0 Å². The number of methoxy groups -OCH3 is 1. The third kappa shape index (κ3) is 7.98. The third-order valence-corrected chi connectivity index (χ3v) is 1.66. The average Bonchev–Trinajstić information content (AvgIpc) is 2.09. The average molecular weight is 175 g/mol. The number of nitrogens with one attached hydrogen (secondary N) is 1. The highest BCUT2D eigenvalue weighted by Gasteiger charge is 1.98. The zero-order valence-corrected chi connectivity index (χ0v) is 8.43. The van der Waals surface area contributed by atoms with Gasteiger partial charge in [-0.25, -0.2) is 0 Å². The topological polar surface area (TPSA) is 30.5 Å². The van der Waals surface area contributed by atoms with Gasteiger partial charge in [-0.2, -0.15) is 5.48 Å². The molecule has 3 nitrogen and oxygen atoms in total. The Morgan fingerprint density at radius 3 is 2.67 bits per heavy atom. The smallest absolute Gasteiger partial charge is 0.0915 e. The number of hydroxylamine groups is 1. The molecule has 0 aliphatic rings. The molecule has 0 heterocycles. The van der Waals surface area contributed by atoms with E-state index in [0.717, 1.165) is 0 Å². The molecule has 1 atom stereocenters. The molecular formula is C9H21NO2. The highest BCUT2D eigenvalue weighted by Crippen LogP contribution is 1.98. The Morgan fingerprint density at radius 1 is 1.33 bits per heavy atom. The van der Waals surface area contributed by atoms with Crippen LogP contribution in [0.3, 0.4) is 0 Å². The van der Waals surface area contributed by atoms with Gasteiger partial charge in [0.1, 0.15) is 0 Å². The fourth-order valence-corrected chi connectivity index (χ4v) is 0.895. The Bertz CT molecular complexity index is 88.6. The normalized spacial score (nSPS) is 13.2. The van der Waals surface area contributed by atoms with E-state index in [4.69, 9.17) is 9.57 Å². The maximum absolute atomic E-state index is 5.16. The lowest BCUT2D eigenvalue weighted by atomic mass is 10.2. The molecule has 0 saturated carbocycles. The second-order valence-corrected chi connectivity index (χ2v) is 3.00. The van der Waals surface area contributed by atoms with Gasteiger partial charge in [-0.3, -0.25) is 4.84 Å². The number of hydrogen-bond acceptors (Lipinski definition) is 3. The van der Waals surface area contributed by atoms with Gasteiger partial charge in [0.2, 0.25) is 0 Å². The van der Waals surface area contributed by atoms with E-state index in [9.17, 15) is 0 Å². The Hall–Kier alpha value is -0.120. The van der Waals surface area contributed by atoms with Crippen LogP contribution >= 0.6 is 0 Å². The molecule has 0 aromatic heterocycles. The highest BCUT2D eigenvalue weighted by molar-refractivity contribution is 4.52. The van der Waals surface area contributed by atoms with Crippen molar-refractivity contribution in [2.24, 2.45) is 0 Å². The fraction of sp³-hybridized carbons (Fsp3) is 1.00. The van der Waals surface area contributed by atoms with Crippen molar-refractivity contribution < 1.29 is 9.57 Å². The minimum atomic E-state index is 0.446. The molecule has 0 amide bonds. The lowest BCUT2D eigenvalue weighted by Gasteiger charge is -2.12. The van der Waals surface area contributed by atoms with Crippen LogP contribution < -0.4 is 5.48 Å². The molecule has 3 heteroatoms. The van der Waals surface area contributed by atoms with E-state index in [0.29, 0.717) is 19.3 Å². The molecule has 1 unspecified atom stereocenters. The summed E-state index contributed by atoms with van der Waals surface area (Å²) in [5.74, 6) is 0. The molecular weight excluding hydrogens is 154 g/mol. The van der Waals surface area contributed by atoms with Gasteiger partial charge in [0, 0.05) is 13.2 Å². The number of unbranched alkanes of at least 4 members (excludes halogenated alkanes) is 1. The maximum atomic E-state index is 5.16. The number of rotatable bonds is 8. The van der Waals surface area contributed by atoms with Gasteiger partial charge in [0.15, 0.2) is 0 Å². The van der Waals surface area contributed by atoms with E-state index in [1.54, 1.807) is 7.11 Å². The first-order valence-electron chi connectivity index (χ1n) is 4.67. The zero-order valence-electron chi connectivity index (χ0n) is 8.43. The Balaban J connectivity index is 3.02. The molecule has 74 valence electrons. The quantitative estimate of drug-likeness (QED) is 0.450. The number of ether oxygens (including phenoxy) is 1. The molecule has 0 aromatic rings. The monoisotopic (exact) mass is 175 g/mol. The molecule has 0 radical (unpaired) electrons. The molecule has 1 N–H and O–H groups in total. The first-order chi connectivity index (χ1) is 5.81. The van der Waals surface area contributed by atoms with Crippen LogP contribution in [0.4, 0.5) is 0 Å². The van der Waals surface area contributed by atoms with Gasteiger partial charge in [-0.15, -0.1) is 0 Å². The lowest BCUT2D eigenvalue weighted by Crippen LogP contribution is -2.27. The minimum Gasteiger partial charge on any atom is -0.382 e. The van der Waals surface area contributed by atoms with Crippen molar-refractivity contribution in [1.29, 1.82) is 0 Å². The predicted octanol–water partition coefficient (Wildman–Crippen LogP) is 1.73. The fourth-order valence-electron chi connectivity index (χ4n) is 0.895. The molecule has 0 spiro atoms. The summed E-state index contributed by atoms with van der Waals surface area (Å²) < 4.78 is 4.84. The largest absolute Gasteiger partial charge is 0.382 e. The first-order valence-corrected chi connectivity index (χ1v) is 4.67. The molecule has 0 fully saturated rings. The van der Waals surface area contributed by atoms with E-state index in [2.05, 4.69) is 19.3 Å². The van der Waals surface area contributed by atoms with Crippen LogP contribution in [0.2, 0.25) is 0 Å². The van der Waals surface area contributed by atoms with Crippen molar-refractivity contribution in [2.75, 3.05) is 20.3 Å². The first kappa shape index (κ1) is 11.9. The van der Waals surface area contributed by atoms with Gasteiger partial charge >= 0.3 is 0 Å². The van der Waals surface area contributed by atoms with Crippen molar-refractivity contribution in [3.8, 4) is 0 Å². The summed E-state index contributed by atoms with van der Waals surface area (Å²) in [6.45, 7) is 5.58. The van der Waals surface area contributed by atoms with Crippen LogP contribution in [0.1, 0.15) is 33.1 Å². The van der Waals surface area contributed by atoms with E-state index < -0.39 is 0 Å². The summed E-state index contributed by atoms with van der Waals surface area (Å²) in [5.41, 5.74) is 2.97. The third-order valence-electron chi connectivity index (χ3n) is 1.66. The Kier molecular flexibility index (Phi) is 8.88. The van der Waals surface area contributed by atoms with Crippen LogP contribution in [-0.2, 0) is 9.57 Å². The van der Waals surface area contributed by atoms with Gasteiger partial charge in [-0.1, -0.05) is 19.8 Å². The second-order valence-electron chi connectivity index (χ2n) is 3.00. The zero-order chi connectivity index (χ0) is 9.23. The maximum Gasteiger partial charge on any atom is 0.0915 e. The number of hydrogen-bond donors (Lipinski definition) is 1. The summed E-state index contributed by atoms with van der Waals surface area (Å²) in [6, 6.07) is 0.446. The van der Waals surface area contributed by atoms with Crippen LogP contribution in [0.5, 0.6) is 0 Å². The van der Waals surface area contributed by atoms with E-state index in [-0.39, 0.29) is 0 Å². The van der Waals surface area contributed by atoms with Crippen LogP contribution in [-0.4, -0.2) is 26.4 Å². The van der Waals surface area contributed by atoms with Crippen molar-refractivity contribution in [1.82, 2.24) is 5.48 Å². The van der Waals surface area contributed by atoms with Gasteiger partial charge in [0.05, 0.1) is 13.2 Å². The molecule has 0 aliphatic heterocycles. The highest BCUT2D eigenvalue weighted by atomic mass is 16.7. The predicted molar refractivity (Wildman–Crippen MR) is 50.0 cm³/mol. The second kappa shape index (κ2) is 8.97. The SMILES string of the molecule is CCCCC(C)NOCCOC. The van der Waals surface area contributed by atoms with Crippen LogP contribution in [0.25, 0.3) is 0 Å². The standard InChI is InChI=1S/C9H21NO2/c1-4-5-6-9(2)10-12-8-7-11-3/h9-10H,4-8H2,1-3H3. The van der Waals surface area contributed by atoms with Crippen molar-refractivity contribution in [3.05, 3.63) is 0 Å². The summed E-state index contributed by atoms with van der Waals surface area (Å²) in [6.07, 6.45) is 3.66. The summed E-state index contributed by atoms with van der Waals surface area (Å²) in [4.78, 5) is 5.16. The molecule has 0 saturated heterocycles. The Labute approximate surface area is 75.4 Å². The van der Waals surface area contributed by atoms with E-state index in [1.807, 2.05) is 0 Å². The molecule has 0 aliphatic carbocycles. The van der Waals surface area contributed by atoms with Gasteiger partial charge in [-0.05, 0) is 13.3 Å². The van der Waals surface area contributed by atoms with Crippen LogP contribution in [0, 0.1) is 0 Å². The molecule has 0 bridgehead atoms. The van der Waals surface area contributed by atoms with E-state index in [1.165, 1.54) is 19.3 Å². The van der Waals surface area contributed by atoms with Crippen molar-refractivity contribution >= 4 is 0 Å². The Morgan fingerprint density at radius 2 is 2.08 bits per heavy atom. The minimum absolute atomic E-state index is 0.446. The molecule has 0 rings (SSSR count). The summed E-state index contributed by atoms with van der Waals surface area (Å²) in [7, 11) is 1.67. The lowest BCUT2D eigenvalue weighted by molar-refractivity contribution is -0.0103.